The predicted octanol–water partition coefficient (Wildman–Crippen LogP) is 0.583. The zero-order valence-corrected chi connectivity index (χ0v) is 12.8. The molecule has 0 spiro atoms. The second-order valence-corrected chi connectivity index (χ2v) is 6.05. The van der Waals surface area contributed by atoms with Crippen molar-refractivity contribution >= 4 is 5.97 Å². The van der Waals surface area contributed by atoms with Gasteiger partial charge in [0.15, 0.2) is 0 Å². The molecular weight excluding hydrogens is 254 g/mol. The van der Waals surface area contributed by atoms with Gasteiger partial charge < -0.3 is 19.5 Å². The number of carbonyl (C=O) groups excluding carboxylic acids is 1. The van der Waals surface area contributed by atoms with Crippen LogP contribution in [0.2, 0.25) is 0 Å². The highest BCUT2D eigenvalue weighted by molar-refractivity contribution is 5.85. The van der Waals surface area contributed by atoms with Gasteiger partial charge in [-0.25, -0.2) is 0 Å². The molecule has 0 bridgehead atoms. The first-order valence-electron chi connectivity index (χ1n) is 7.16. The first-order chi connectivity index (χ1) is 9.38. The number of aromatic carboxylic acids is 1. The summed E-state index contributed by atoms with van der Waals surface area (Å²) in [6, 6.07) is 6.37. The average Bonchev–Trinajstić information content (AvgIpc) is 2.35. The number of quaternary nitrogens is 1. The third-order valence-corrected chi connectivity index (χ3v) is 2.93. The Bertz CT molecular complexity index is 402. The van der Waals surface area contributed by atoms with E-state index in [9.17, 15) is 9.90 Å². The van der Waals surface area contributed by atoms with Crippen molar-refractivity contribution in [3.63, 3.8) is 0 Å². The minimum absolute atomic E-state index is 0.172. The molecule has 0 radical (unpaired) electrons. The standard InChI is InChI=1S/C16H25NO3/c1-12(2)9-17(10-13(3)4)11-20-15-7-5-14(6-8-15)16(18)19/h5-8,12-13H,9-11H2,1-4H3,(H,18,19). The van der Waals surface area contributed by atoms with Crippen molar-refractivity contribution in [3.05, 3.63) is 29.8 Å². The van der Waals surface area contributed by atoms with Crippen molar-refractivity contribution in [1.82, 2.24) is 0 Å². The molecule has 1 aromatic carbocycles. The van der Waals surface area contributed by atoms with Crippen LogP contribution in [-0.4, -0.2) is 25.8 Å². The summed E-state index contributed by atoms with van der Waals surface area (Å²) in [7, 11) is 0. The fourth-order valence-corrected chi connectivity index (χ4v) is 2.23. The zero-order valence-electron chi connectivity index (χ0n) is 12.8. The van der Waals surface area contributed by atoms with Gasteiger partial charge in [0.05, 0.1) is 19.1 Å². The third kappa shape index (κ3) is 6.06. The van der Waals surface area contributed by atoms with Gasteiger partial charge in [-0.1, -0.05) is 27.7 Å². The molecule has 0 unspecified atom stereocenters. The first-order valence-corrected chi connectivity index (χ1v) is 7.16. The topological polar surface area (TPSA) is 53.8 Å². The van der Waals surface area contributed by atoms with Gasteiger partial charge in [-0.15, -0.1) is 0 Å². The highest BCUT2D eigenvalue weighted by Gasteiger charge is 2.13. The Labute approximate surface area is 121 Å². The molecule has 0 aliphatic heterocycles. The summed E-state index contributed by atoms with van der Waals surface area (Å²) >= 11 is 0. The van der Waals surface area contributed by atoms with Crippen molar-refractivity contribution in [3.8, 4) is 5.75 Å². The SMILES string of the molecule is CC(C)C[NH+](COc1ccc(C(=O)[O-])cc1)CC(C)C. The molecule has 1 aromatic rings. The summed E-state index contributed by atoms with van der Waals surface area (Å²) in [6.45, 7) is 11.5. The molecule has 0 saturated heterocycles. The van der Waals surface area contributed by atoms with Gasteiger partial charge in [0.25, 0.3) is 0 Å². The number of carbonyl (C=O) groups is 1. The van der Waals surface area contributed by atoms with E-state index in [0.29, 0.717) is 24.3 Å². The van der Waals surface area contributed by atoms with Crippen LogP contribution in [0.4, 0.5) is 0 Å². The van der Waals surface area contributed by atoms with Crippen LogP contribution in [0.5, 0.6) is 5.75 Å². The number of hydrogen-bond donors (Lipinski definition) is 1. The molecular formula is C16H25NO3. The summed E-state index contributed by atoms with van der Waals surface area (Å²) in [5, 5.41) is 10.7. The molecule has 1 rings (SSSR count). The van der Waals surface area contributed by atoms with Crippen LogP contribution in [0.25, 0.3) is 0 Å². The fourth-order valence-electron chi connectivity index (χ4n) is 2.23. The molecule has 20 heavy (non-hydrogen) atoms. The number of hydrogen-bond acceptors (Lipinski definition) is 3. The molecule has 0 fully saturated rings. The summed E-state index contributed by atoms with van der Waals surface area (Å²) in [5.41, 5.74) is 0.172. The first kappa shape index (κ1) is 16.5. The molecule has 0 saturated carbocycles. The summed E-state index contributed by atoms with van der Waals surface area (Å²) in [5.74, 6) is 0.768. The van der Waals surface area contributed by atoms with E-state index >= 15 is 0 Å². The van der Waals surface area contributed by atoms with Crippen molar-refractivity contribution < 1.29 is 19.5 Å². The Hall–Kier alpha value is -1.55. The maximum absolute atomic E-state index is 10.7. The number of carboxylic acid groups (broad SMARTS) is 1. The Kier molecular flexibility index (Phi) is 6.52. The van der Waals surface area contributed by atoms with Gasteiger partial charge >= 0.3 is 0 Å². The second-order valence-electron chi connectivity index (χ2n) is 6.05. The van der Waals surface area contributed by atoms with Crippen LogP contribution in [0, 0.1) is 11.8 Å². The highest BCUT2D eigenvalue weighted by Crippen LogP contribution is 2.10. The average molecular weight is 279 g/mol. The van der Waals surface area contributed by atoms with Crippen LogP contribution in [0.15, 0.2) is 24.3 Å². The lowest BCUT2D eigenvalue weighted by Crippen LogP contribution is -3.13. The largest absolute Gasteiger partial charge is 0.545 e. The molecule has 0 aromatic heterocycles. The van der Waals surface area contributed by atoms with Crippen LogP contribution in [0.3, 0.4) is 0 Å². The fraction of sp³-hybridized carbons (Fsp3) is 0.562. The Morgan fingerprint density at radius 1 is 1.10 bits per heavy atom. The molecule has 0 aliphatic rings. The van der Waals surface area contributed by atoms with Crippen molar-refractivity contribution in [2.45, 2.75) is 27.7 Å². The molecule has 0 amide bonds. The number of carboxylic acids is 1. The predicted molar refractivity (Wildman–Crippen MR) is 76.6 cm³/mol. The van der Waals surface area contributed by atoms with E-state index in [1.165, 1.54) is 17.0 Å². The van der Waals surface area contributed by atoms with Gasteiger partial charge in [0.1, 0.15) is 5.75 Å². The number of ether oxygens (including phenoxy) is 1. The van der Waals surface area contributed by atoms with E-state index in [1.807, 2.05) is 0 Å². The molecule has 4 nitrogen and oxygen atoms in total. The molecule has 112 valence electrons. The third-order valence-electron chi connectivity index (χ3n) is 2.93. The van der Waals surface area contributed by atoms with Gasteiger partial charge in [-0.3, -0.25) is 0 Å². The Balaban J connectivity index is 2.55. The van der Waals surface area contributed by atoms with E-state index in [0.717, 1.165) is 13.1 Å². The lowest BCUT2D eigenvalue weighted by molar-refractivity contribution is -0.921. The normalized spacial score (nSPS) is 11.3. The maximum atomic E-state index is 10.7. The van der Waals surface area contributed by atoms with Crippen LogP contribution >= 0.6 is 0 Å². The van der Waals surface area contributed by atoms with Gasteiger partial charge in [0.2, 0.25) is 6.73 Å². The number of rotatable bonds is 8. The van der Waals surface area contributed by atoms with Crippen LogP contribution in [-0.2, 0) is 0 Å². The Morgan fingerprint density at radius 3 is 2.00 bits per heavy atom. The van der Waals surface area contributed by atoms with Crippen molar-refractivity contribution in [2.75, 3.05) is 19.8 Å². The maximum Gasteiger partial charge on any atom is 0.222 e. The van der Waals surface area contributed by atoms with E-state index in [1.54, 1.807) is 12.1 Å². The molecule has 0 atom stereocenters. The molecule has 0 aliphatic carbocycles. The minimum atomic E-state index is -1.16. The summed E-state index contributed by atoms with van der Waals surface area (Å²) in [4.78, 5) is 12.1. The van der Waals surface area contributed by atoms with E-state index in [-0.39, 0.29) is 5.56 Å². The van der Waals surface area contributed by atoms with E-state index in [2.05, 4.69) is 27.7 Å². The second kappa shape index (κ2) is 7.90. The lowest BCUT2D eigenvalue weighted by Gasteiger charge is -2.23. The highest BCUT2D eigenvalue weighted by atomic mass is 16.5. The van der Waals surface area contributed by atoms with Crippen molar-refractivity contribution in [1.29, 1.82) is 0 Å². The van der Waals surface area contributed by atoms with Crippen LogP contribution < -0.4 is 14.7 Å². The molecule has 4 heteroatoms. The number of nitrogens with one attached hydrogen (secondary N) is 1. The number of benzene rings is 1. The van der Waals surface area contributed by atoms with Gasteiger partial charge in [0, 0.05) is 11.8 Å². The Morgan fingerprint density at radius 2 is 1.60 bits per heavy atom. The monoisotopic (exact) mass is 279 g/mol. The van der Waals surface area contributed by atoms with Crippen LogP contribution in [0.1, 0.15) is 38.1 Å². The summed E-state index contributed by atoms with van der Waals surface area (Å²) in [6.07, 6.45) is 0. The van der Waals surface area contributed by atoms with Crippen molar-refractivity contribution in [2.24, 2.45) is 11.8 Å². The molecule has 0 heterocycles. The lowest BCUT2D eigenvalue weighted by atomic mass is 10.1. The molecule has 1 N–H and O–H groups in total. The van der Waals surface area contributed by atoms with E-state index in [4.69, 9.17) is 4.74 Å². The van der Waals surface area contributed by atoms with E-state index < -0.39 is 5.97 Å². The van der Waals surface area contributed by atoms with Gasteiger partial charge in [-0.05, 0) is 29.8 Å². The quantitative estimate of drug-likeness (QED) is 0.708. The smallest absolute Gasteiger partial charge is 0.222 e. The minimum Gasteiger partial charge on any atom is -0.545 e. The van der Waals surface area contributed by atoms with Gasteiger partial charge in [-0.2, -0.15) is 0 Å². The zero-order chi connectivity index (χ0) is 15.1. The summed E-state index contributed by atoms with van der Waals surface area (Å²) < 4.78 is 5.75.